The van der Waals surface area contributed by atoms with Gasteiger partial charge >= 0.3 is 0 Å². The summed E-state index contributed by atoms with van der Waals surface area (Å²) in [5, 5.41) is 8.01. The van der Waals surface area contributed by atoms with Crippen LogP contribution in [0.5, 0.6) is 0 Å². The molecule has 4 rings (SSSR count). The van der Waals surface area contributed by atoms with Crippen molar-refractivity contribution in [3.05, 3.63) is 83.0 Å². The third kappa shape index (κ3) is 5.43. The predicted octanol–water partition coefficient (Wildman–Crippen LogP) is 3.79. The second kappa shape index (κ2) is 10.8. The molecule has 0 saturated heterocycles. The first-order valence-corrected chi connectivity index (χ1v) is 13.3. The first-order chi connectivity index (χ1) is 17.2. The number of methoxy groups -OCH3 is 1. The van der Waals surface area contributed by atoms with Crippen LogP contribution in [0.15, 0.2) is 55.1 Å². The lowest BCUT2D eigenvalue weighted by atomic mass is 10.1. The maximum atomic E-state index is 13.6. The van der Waals surface area contributed by atoms with E-state index in [1.54, 1.807) is 23.9 Å². The van der Waals surface area contributed by atoms with Crippen molar-refractivity contribution >= 4 is 21.4 Å². The first-order valence-electron chi connectivity index (χ1n) is 11.2. The average molecular weight is 528 g/mol. The van der Waals surface area contributed by atoms with E-state index in [2.05, 4.69) is 30.1 Å². The van der Waals surface area contributed by atoms with Crippen LogP contribution >= 0.6 is 11.6 Å². The topological polar surface area (TPSA) is 126 Å². The van der Waals surface area contributed by atoms with E-state index < -0.39 is 21.2 Å². The fourth-order valence-electron chi connectivity index (χ4n) is 3.92. The van der Waals surface area contributed by atoms with E-state index in [4.69, 9.17) is 16.3 Å². The summed E-state index contributed by atoms with van der Waals surface area (Å²) in [6.07, 6.45) is 5.34. The zero-order valence-electron chi connectivity index (χ0n) is 20.3. The van der Waals surface area contributed by atoms with E-state index in [1.165, 1.54) is 19.5 Å². The van der Waals surface area contributed by atoms with Crippen LogP contribution in [-0.2, 0) is 20.3 Å². The summed E-state index contributed by atoms with van der Waals surface area (Å²) >= 11 is 5.88. The molecular formula is C24H26ClN7O3S. The summed E-state index contributed by atoms with van der Waals surface area (Å²) in [6.45, 7) is 5.39. The minimum absolute atomic E-state index is 0.229. The van der Waals surface area contributed by atoms with Crippen molar-refractivity contribution in [2.24, 2.45) is 0 Å². The Bertz CT molecular complexity index is 1430. The molecule has 0 amide bonds. The molecular weight excluding hydrogens is 502 g/mol. The summed E-state index contributed by atoms with van der Waals surface area (Å²) in [5.74, 6) is 0.610. The lowest BCUT2D eigenvalue weighted by Crippen LogP contribution is -2.30. The van der Waals surface area contributed by atoms with E-state index in [-0.39, 0.29) is 23.4 Å². The molecule has 0 unspecified atom stereocenters. The Labute approximate surface area is 214 Å². The lowest BCUT2D eigenvalue weighted by Gasteiger charge is -2.23. The van der Waals surface area contributed by atoms with E-state index in [0.717, 1.165) is 11.3 Å². The third-order valence-electron chi connectivity index (χ3n) is 5.91. The first kappa shape index (κ1) is 25.8. The Kier molecular flexibility index (Phi) is 7.72. The molecule has 36 heavy (non-hydrogen) atoms. The monoisotopic (exact) mass is 527 g/mol. The van der Waals surface area contributed by atoms with Gasteiger partial charge in [0.25, 0.3) is 0 Å². The predicted molar refractivity (Wildman–Crippen MR) is 135 cm³/mol. The van der Waals surface area contributed by atoms with Gasteiger partial charge in [0.05, 0.1) is 16.3 Å². The number of hydrogen-bond acceptors (Lipinski definition) is 9. The van der Waals surface area contributed by atoms with Crippen molar-refractivity contribution in [1.82, 2.24) is 34.7 Å². The summed E-state index contributed by atoms with van der Waals surface area (Å²) in [4.78, 5) is 17.1. The van der Waals surface area contributed by atoms with Gasteiger partial charge < -0.3 is 9.30 Å². The average Bonchev–Trinajstić information content (AvgIpc) is 3.28. The summed E-state index contributed by atoms with van der Waals surface area (Å²) < 4.78 is 34.4. The maximum absolute atomic E-state index is 13.6. The molecule has 0 N–H and O–H groups in total. The smallest absolute Gasteiger partial charge is 0.183 e. The van der Waals surface area contributed by atoms with Gasteiger partial charge in [0.1, 0.15) is 23.4 Å². The molecule has 12 heteroatoms. The van der Waals surface area contributed by atoms with Crippen LogP contribution in [0.4, 0.5) is 0 Å². The highest BCUT2D eigenvalue weighted by Gasteiger charge is 2.35. The molecule has 0 aliphatic rings. The Hall–Kier alpha value is -3.28. The summed E-state index contributed by atoms with van der Waals surface area (Å²) in [6, 6.07) is 9.03. The van der Waals surface area contributed by atoms with Crippen molar-refractivity contribution in [3.8, 4) is 11.5 Å². The fraction of sp³-hybridized carbons (Fsp3) is 0.333. The highest BCUT2D eigenvalue weighted by Crippen LogP contribution is 2.29. The quantitative estimate of drug-likeness (QED) is 0.319. The molecule has 188 valence electrons. The van der Waals surface area contributed by atoms with Crippen molar-refractivity contribution < 1.29 is 13.2 Å². The van der Waals surface area contributed by atoms with Gasteiger partial charge in [-0.3, -0.25) is 4.98 Å². The summed E-state index contributed by atoms with van der Waals surface area (Å²) in [5.41, 5.74) is 2.28. The molecule has 0 radical (unpaired) electrons. The Morgan fingerprint density at radius 3 is 2.44 bits per heavy atom. The number of nitrogens with zero attached hydrogens (tertiary/aromatic N) is 7. The van der Waals surface area contributed by atoms with Gasteiger partial charge in [-0.25, -0.2) is 23.4 Å². The number of aromatic nitrogens is 7. The highest BCUT2D eigenvalue weighted by atomic mass is 35.5. The van der Waals surface area contributed by atoms with Crippen LogP contribution in [0.25, 0.3) is 11.5 Å². The maximum Gasteiger partial charge on any atom is 0.183 e. The second-order valence-electron chi connectivity index (χ2n) is 8.36. The number of ether oxygens (including phenoxy) is 1. The number of rotatable bonds is 9. The van der Waals surface area contributed by atoms with Crippen molar-refractivity contribution in [1.29, 1.82) is 0 Å². The van der Waals surface area contributed by atoms with Gasteiger partial charge in [-0.2, -0.15) is 0 Å². The number of hydrogen-bond donors (Lipinski definition) is 0. The zero-order chi connectivity index (χ0) is 25.9. The molecule has 0 aromatic carbocycles. The van der Waals surface area contributed by atoms with Gasteiger partial charge in [-0.15, -0.1) is 10.2 Å². The standard InChI is InChI=1S/C24H26ClN7O3S/c1-15-7-5-9-20(29-15)24-31-30-21(32(24)16(2)18-8-6-10-26-11-18)14-36(33,34)17(3)22(35-4)23-27-12-19(25)13-28-23/h5-13,16-17,22H,14H2,1-4H3/t16-,17-,22-/m0/s1. The minimum atomic E-state index is -3.80. The van der Waals surface area contributed by atoms with Crippen LogP contribution in [0, 0.1) is 6.92 Å². The molecule has 0 spiro atoms. The van der Waals surface area contributed by atoms with E-state index in [1.807, 2.05) is 44.2 Å². The molecule has 0 saturated carbocycles. The largest absolute Gasteiger partial charge is 0.372 e. The van der Waals surface area contributed by atoms with E-state index in [9.17, 15) is 8.42 Å². The van der Waals surface area contributed by atoms with Crippen LogP contribution in [0.3, 0.4) is 0 Å². The molecule has 4 aromatic heterocycles. The van der Waals surface area contributed by atoms with Crippen LogP contribution in [0.1, 0.15) is 48.9 Å². The van der Waals surface area contributed by atoms with Gasteiger partial charge in [-0.05, 0) is 44.5 Å². The SMILES string of the molecule is CO[C@H](c1ncc(Cl)cn1)[C@H](C)S(=O)(=O)Cc1nnc(-c2cccc(C)n2)n1[C@@H](C)c1cccnc1. The molecule has 0 fully saturated rings. The molecule has 0 aliphatic heterocycles. The zero-order valence-corrected chi connectivity index (χ0v) is 21.8. The molecule has 3 atom stereocenters. The summed E-state index contributed by atoms with van der Waals surface area (Å²) in [7, 11) is -2.38. The van der Waals surface area contributed by atoms with Crippen LogP contribution in [-0.4, -0.2) is 55.5 Å². The number of aryl methyl sites for hydroxylation is 1. The van der Waals surface area contributed by atoms with E-state index >= 15 is 0 Å². The Morgan fingerprint density at radius 1 is 1.06 bits per heavy atom. The molecule has 4 heterocycles. The van der Waals surface area contributed by atoms with Crippen molar-refractivity contribution in [2.75, 3.05) is 7.11 Å². The van der Waals surface area contributed by atoms with Crippen molar-refractivity contribution in [3.63, 3.8) is 0 Å². The Balaban J connectivity index is 1.74. The van der Waals surface area contributed by atoms with Gasteiger partial charge in [0, 0.05) is 37.6 Å². The molecule has 0 aliphatic carbocycles. The van der Waals surface area contributed by atoms with Gasteiger partial charge in [0.15, 0.2) is 21.5 Å². The minimum Gasteiger partial charge on any atom is -0.372 e. The Morgan fingerprint density at radius 2 is 1.81 bits per heavy atom. The third-order valence-corrected chi connectivity index (χ3v) is 8.15. The van der Waals surface area contributed by atoms with Gasteiger partial charge in [0.2, 0.25) is 0 Å². The highest BCUT2D eigenvalue weighted by molar-refractivity contribution is 7.91. The number of pyridine rings is 2. The van der Waals surface area contributed by atoms with E-state index in [0.29, 0.717) is 16.5 Å². The van der Waals surface area contributed by atoms with Crippen LogP contribution < -0.4 is 0 Å². The molecule has 0 bridgehead atoms. The lowest BCUT2D eigenvalue weighted by molar-refractivity contribution is 0.0948. The number of halogens is 1. The van der Waals surface area contributed by atoms with Gasteiger partial charge in [-0.1, -0.05) is 23.7 Å². The fourth-order valence-corrected chi connectivity index (χ4v) is 5.45. The molecule has 4 aromatic rings. The van der Waals surface area contributed by atoms with Crippen LogP contribution in [0.2, 0.25) is 5.02 Å². The number of sulfone groups is 1. The second-order valence-corrected chi connectivity index (χ2v) is 11.2. The van der Waals surface area contributed by atoms with Crippen molar-refractivity contribution in [2.45, 2.75) is 43.9 Å². The molecule has 10 nitrogen and oxygen atoms in total. The normalized spacial score (nSPS) is 14.4.